The summed E-state index contributed by atoms with van der Waals surface area (Å²) < 4.78 is 13.3. The van der Waals surface area contributed by atoms with Gasteiger partial charge in [0.15, 0.2) is 0 Å². The molecule has 0 aliphatic carbocycles. The van der Waals surface area contributed by atoms with Crippen molar-refractivity contribution >= 4 is 54.0 Å². The lowest BCUT2D eigenvalue weighted by molar-refractivity contribution is 0.186. The first-order valence-electron chi connectivity index (χ1n) is 7.98. The molecule has 0 aliphatic heterocycles. The molecular formula is C18H23Cl2INO3P. The molecule has 0 aliphatic rings. The number of aliphatic hydroxyl groups excluding tert-OH is 1. The first-order chi connectivity index (χ1) is 11.8. The monoisotopic (exact) mass is 529 g/mol. The molecule has 2 aromatic rings. The van der Waals surface area contributed by atoms with Crippen molar-refractivity contribution in [3.8, 4) is 0 Å². The van der Waals surface area contributed by atoms with Crippen LogP contribution in [0.5, 0.6) is 0 Å². The maximum Gasteiger partial charge on any atom is 0.207 e. The van der Waals surface area contributed by atoms with Gasteiger partial charge in [-0.15, -0.1) is 12.4 Å². The van der Waals surface area contributed by atoms with E-state index in [2.05, 4.69) is 27.9 Å². The van der Waals surface area contributed by atoms with Gasteiger partial charge in [0.2, 0.25) is 7.37 Å². The molecule has 0 fully saturated rings. The molecule has 2 rings (SSSR count). The molecule has 3 unspecified atom stereocenters. The Bertz CT molecular complexity index is 748. The van der Waals surface area contributed by atoms with Gasteiger partial charge in [-0.3, -0.25) is 4.57 Å². The fraction of sp³-hybridized carbons (Fsp3) is 0.333. The highest BCUT2D eigenvalue weighted by atomic mass is 127. The fourth-order valence-electron chi connectivity index (χ4n) is 2.54. The number of hydrogen-bond acceptors (Lipinski definition) is 3. The molecule has 2 aromatic carbocycles. The van der Waals surface area contributed by atoms with Gasteiger partial charge in [0.05, 0.1) is 17.3 Å². The molecule has 3 N–H and O–H groups in total. The second-order valence-electron chi connectivity index (χ2n) is 6.13. The van der Waals surface area contributed by atoms with Crippen LogP contribution in [0.4, 0.5) is 0 Å². The topological polar surface area (TPSA) is 69.6 Å². The predicted molar refractivity (Wildman–Crippen MR) is 119 cm³/mol. The zero-order valence-corrected chi connectivity index (χ0v) is 18.9. The number of nitrogens with one attached hydrogen (secondary N) is 1. The van der Waals surface area contributed by atoms with Crippen molar-refractivity contribution in [1.29, 1.82) is 0 Å². The third-order valence-electron chi connectivity index (χ3n) is 3.87. The Labute approximate surface area is 179 Å². The minimum atomic E-state index is -3.43. The van der Waals surface area contributed by atoms with E-state index in [1.165, 1.54) is 0 Å². The van der Waals surface area contributed by atoms with Gasteiger partial charge in [0.25, 0.3) is 0 Å². The Morgan fingerprint density at radius 1 is 1.23 bits per heavy atom. The van der Waals surface area contributed by atoms with E-state index in [1.54, 1.807) is 0 Å². The molecular weight excluding hydrogens is 507 g/mol. The van der Waals surface area contributed by atoms with Gasteiger partial charge in [-0.1, -0.05) is 48.0 Å². The smallest absolute Gasteiger partial charge is 0.207 e. The van der Waals surface area contributed by atoms with E-state index in [4.69, 9.17) is 11.6 Å². The summed E-state index contributed by atoms with van der Waals surface area (Å²) in [5.41, 5.74) is 1.81. The van der Waals surface area contributed by atoms with E-state index in [0.717, 1.165) is 14.7 Å². The van der Waals surface area contributed by atoms with Gasteiger partial charge in [0.1, 0.15) is 0 Å². The minimum Gasteiger partial charge on any atom is -0.391 e. The molecule has 0 saturated carbocycles. The van der Waals surface area contributed by atoms with Crippen LogP contribution >= 0.6 is 54.0 Å². The second kappa shape index (κ2) is 11.0. The van der Waals surface area contributed by atoms with E-state index < -0.39 is 13.5 Å². The molecule has 0 amide bonds. The lowest BCUT2D eigenvalue weighted by Gasteiger charge is -2.20. The summed E-state index contributed by atoms with van der Waals surface area (Å²) in [6.45, 7) is 2.21. The number of rotatable bonds is 8. The summed E-state index contributed by atoms with van der Waals surface area (Å²) in [5, 5.41) is 14.0. The SMILES string of the molecule is CC(NCC(O)CP(=O)(O)Cc1ccccc1)c1ccc(I)c(Cl)c1.Cl. The minimum absolute atomic E-state index is 0. The molecule has 0 saturated heterocycles. The molecule has 3 atom stereocenters. The van der Waals surface area contributed by atoms with E-state index >= 15 is 0 Å². The quantitative estimate of drug-likeness (QED) is 0.338. The zero-order valence-electron chi connectivity index (χ0n) is 14.3. The summed E-state index contributed by atoms with van der Waals surface area (Å²) >= 11 is 8.30. The third kappa shape index (κ3) is 7.85. The van der Waals surface area contributed by atoms with Gasteiger partial charge in [-0.25, -0.2) is 0 Å². The Morgan fingerprint density at radius 2 is 1.88 bits per heavy atom. The number of halogens is 3. The van der Waals surface area contributed by atoms with Crippen LogP contribution in [-0.4, -0.2) is 28.8 Å². The highest BCUT2D eigenvalue weighted by Crippen LogP contribution is 2.44. The summed E-state index contributed by atoms with van der Waals surface area (Å²) in [7, 11) is -3.43. The summed E-state index contributed by atoms with van der Waals surface area (Å²) in [6, 6.07) is 15.0. The molecule has 0 bridgehead atoms. The van der Waals surface area contributed by atoms with Gasteiger partial charge >= 0.3 is 0 Å². The zero-order chi connectivity index (χ0) is 18.4. The molecule has 8 heteroatoms. The van der Waals surface area contributed by atoms with E-state index in [-0.39, 0.29) is 37.3 Å². The van der Waals surface area contributed by atoms with Crippen molar-refractivity contribution in [3.05, 3.63) is 68.3 Å². The van der Waals surface area contributed by atoms with Crippen LogP contribution < -0.4 is 5.32 Å². The van der Waals surface area contributed by atoms with Gasteiger partial charge < -0.3 is 15.3 Å². The average Bonchev–Trinajstić information content (AvgIpc) is 2.55. The van der Waals surface area contributed by atoms with Crippen LogP contribution in [-0.2, 0) is 10.7 Å². The predicted octanol–water partition coefficient (Wildman–Crippen LogP) is 4.85. The fourth-order valence-corrected chi connectivity index (χ4v) is 4.76. The average molecular weight is 530 g/mol. The van der Waals surface area contributed by atoms with Crippen LogP contribution in [0.2, 0.25) is 5.02 Å². The number of hydrogen-bond donors (Lipinski definition) is 3. The Hall–Kier alpha value is -0.140. The van der Waals surface area contributed by atoms with Crippen LogP contribution in [0.3, 0.4) is 0 Å². The molecule has 4 nitrogen and oxygen atoms in total. The molecule has 0 heterocycles. The maximum absolute atomic E-state index is 12.3. The van der Waals surface area contributed by atoms with Gasteiger partial charge in [-0.2, -0.15) is 0 Å². The Balaban J connectivity index is 0.00000338. The maximum atomic E-state index is 12.3. The first kappa shape index (κ1) is 23.9. The number of benzene rings is 2. The van der Waals surface area contributed by atoms with Crippen molar-refractivity contribution in [2.24, 2.45) is 0 Å². The molecule has 0 spiro atoms. The Kier molecular flexibility index (Phi) is 10.1. The lowest BCUT2D eigenvalue weighted by atomic mass is 10.1. The van der Waals surface area contributed by atoms with Gasteiger partial charge in [0, 0.05) is 22.3 Å². The van der Waals surface area contributed by atoms with Crippen molar-refractivity contribution in [3.63, 3.8) is 0 Å². The number of aliphatic hydroxyl groups is 1. The third-order valence-corrected chi connectivity index (χ3v) is 7.30. The summed E-state index contributed by atoms with van der Waals surface area (Å²) in [5.74, 6) is 0. The van der Waals surface area contributed by atoms with Crippen molar-refractivity contribution in [2.75, 3.05) is 12.7 Å². The lowest BCUT2D eigenvalue weighted by Crippen LogP contribution is -2.31. The van der Waals surface area contributed by atoms with E-state index in [1.807, 2.05) is 55.5 Å². The van der Waals surface area contributed by atoms with Crippen molar-refractivity contribution in [2.45, 2.75) is 25.2 Å². The molecule has 144 valence electrons. The largest absolute Gasteiger partial charge is 0.391 e. The normalized spacial score (nSPS) is 15.6. The van der Waals surface area contributed by atoms with Gasteiger partial charge in [-0.05, 0) is 52.8 Å². The highest BCUT2D eigenvalue weighted by Gasteiger charge is 2.23. The second-order valence-corrected chi connectivity index (χ2v) is 10.1. The standard InChI is InChI=1S/C18H22ClINO3P.ClH/c1-13(15-7-8-18(20)17(19)9-15)21-10-16(22)12-25(23,24)11-14-5-3-2-4-6-14;/h2-9,13,16,21-22H,10-12H2,1H3,(H,23,24);1H. The first-order valence-corrected chi connectivity index (χ1v) is 11.5. The summed E-state index contributed by atoms with van der Waals surface area (Å²) in [4.78, 5) is 10.1. The molecule has 0 aromatic heterocycles. The molecule has 26 heavy (non-hydrogen) atoms. The van der Waals surface area contributed by atoms with Crippen LogP contribution in [0.15, 0.2) is 48.5 Å². The summed E-state index contributed by atoms with van der Waals surface area (Å²) in [6.07, 6.45) is -0.941. The molecule has 0 radical (unpaired) electrons. The van der Waals surface area contributed by atoms with Crippen LogP contribution in [0, 0.1) is 3.57 Å². The van der Waals surface area contributed by atoms with Crippen LogP contribution in [0.25, 0.3) is 0 Å². The van der Waals surface area contributed by atoms with Crippen molar-refractivity contribution in [1.82, 2.24) is 5.32 Å². The highest BCUT2D eigenvalue weighted by molar-refractivity contribution is 14.1. The van der Waals surface area contributed by atoms with E-state index in [9.17, 15) is 14.6 Å². The van der Waals surface area contributed by atoms with E-state index in [0.29, 0.717) is 5.02 Å². The van der Waals surface area contributed by atoms with Crippen molar-refractivity contribution < 1.29 is 14.6 Å². The Morgan fingerprint density at radius 3 is 2.50 bits per heavy atom. The van der Waals surface area contributed by atoms with Crippen LogP contribution in [0.1, 0.15) is 24.1 Å².